The van der Waals surface area contributed by atoms with Crippen LogP contribution in [-0.4, -0.2) is 50.5 Å². The Kier molecular flexibility index (Phi) is 11.2. The van der Waals surface area contributed by atoms with Crippen molar-refractivity contribution in [2.24, 2.45) is 0 Å². The number of amides is 2. The van der Waals surface area contributed by atoms with Gasteiger partial charge in [0.15, 0.2) is 0 Å². The molecule has 3 aromatic rings. The summed E-state index contributed by atoms with van der Waals surface area (Å²) in [5.41, 5.74) is 3.73. The van der Waals surface area contributed by atoms with E-state index in [1.165, 1.54) is 4.90 Å². The van der Waals surface area contributed by atoms with E-state index in [1.54, 1.807) is 30.3 Å². The van der Waals surface area contributed by atoms with Gasteiger partial charge in [-0.05, 0) is 60.7 Å². The molecule has 2 amide bonds. The molecule has 0 aliphatic rings. The summed E-state index contributed by atoms with van der Waals surface area (Å²) in [6, 6.07) is 21.1. The van der Waals surface area contributed by atoms with E-state index in [0.29, 0.717) is 17.3 Å². The number of nitrogens with zero attached hydrogens (tertiary/aromatic N) is 2. The maximum absolute atomic E-state index is 14.1. The van der Waals surface area contributed by atoms with E-state index in [1.807, 2.05) is 63.2 Å². The molecule has 0 heterocycles. The zero-order valence-electron chi connectivity index (χ0n) is 23.6. The molecule has 0 aliphatic heterocycles. The highest BCUT2D eigenvalue weighted by Crippen LogP contribution is 2.26. The Hall–Kier alpha value is -3.36. The van der Waals surface area contributed by atoms with Gasteiger partial charge in [-0.25, -0.2) is 8.42 Å². The van der Waals surface area contributed by atoms with Gasteiger partial charge in [-0.2, -0.15) is 0 Å². The molecule has 1 N–H and O–H groups in total. The predicted molar refractivity (Wildman–Crippen MR) is 162 cm³/mol. The van der Waals surface area contributed by atoms with Gasteiger partial charge >= 0.3 is 0 Å². The highest BCUT2D eigenvalue weighted by atomic mass is 35.5. The highest BCUT2D eigenvalue weighted by molar-refractivity contribution is 7.92. The number of hydrogen-bond donors (Lipinski definition) is 1. The minimum absolute atomic E-state index is 0.0858. The fraction of sp³-hybridized carbons (Fsp3) is 0.355. The van der Waals surface area contributed by atoms with Crippen LogP contribution in [-0.2, 0) is 32.6 Å². The second-order valence-corrected chi connectivity index (χ2v) is 12.3. The minimum atomic E-state index is -3.82. The molecule has 1 atom stereocenters. The third-order valence-corrected chi connectivity index (χ3v) is 8.23. The maximum atomic E-state index is 14.1. The van der Waals surface area contributed by atoms with Gasteiger partial charge in [-0.3, -0.25) is 13.9 Å². The number of halogens is 1. The molecule has 7 nitrogen and oxygen atoms in total. The van der Waals surface area contributed by atoms with Crippen molar-refractivity contribution >= 4 is 39.1 Å². The lowest BCUT2D eigenvalue weighted by atomic mass is 10.0. The molecule has 0 fully saturated rings. The van der Waals surface area contributed by atoms with Crippen molar-refractivity contribution < 1.29 is 18.0 Å². The summed E-state index contributed by atoms with van der Waals surface area (Å²) < 4.78 is 27.1. The number of aryl methyl sites for hydroxylation is 1. The molecule has 0 saturated carbocycles. The van der Waals surface area contributed by atoms with Crippen LogP contribution in [0.2, 0.25) is 5.02 Å². The summed E-state index contributed by atoms with van der Waals surface area (Å²) in [6.07, 6.45) is 3.07. The number of carbonyl (C=O) groups is 2. The summed E-state index contributed by atoms with van der Waals surface area (Å²) in [5, 5.41) is 3.48. The Morgan fingerprint density at radius 2 is 1.62 bits per heavy atom. The van der Waals surface area contributed by atoms with E-state index in [0.717, 1.165) is 45.7 Å². The van der Waals surface area contributed by atoms with Gasteiger partial charge in [0.25, 0.3) is 0 Å². The van der Waals surface area contributed by atoms with Crippen molar-refractivity contribution in [3.8, 4) is 0 Å². The first kappa shape index (κ1) is 31.2. The van der Waals surface area contributed by atoms with Crippen LogP contribution in [0.4, 0.5) is 5.69 Å². The van der Waals surface area contributed by atoms with Crippen LogP contribution >= 0.6 is 11.6 Å². The second-order valence-electron chi connectivity index (χ2n) is 9.99. The molecule has 0 saturated heterocycles. The van der Waals surface area contributed by atoms with Crippen molar-refractivity contribution in [2.45, 2.75) is 52.6 Å². The Balaban J connectivity index is 2.06. The first-order chi connectivity index (χ1) is 19.0. The molecule has 0 unspecified atom stereocenters. The van der Waals surface area contributed by atoms with Crippen LogP contribution in [0.25, 0.3) is 0 Å². The number of rotatable bonds is 13. The highest BCUT2D eigenvalue weighted by Gasteiger charge is 2.33. The topological polar surface area (TPSA) is 86.8 Å². The number of nitrogens with one attached hydrogen (secondary N) is 1. The SMILES string of the molecule is CCCCNC(=O)[C@@H](Cc1ccccc1)N(Cc1cccc(Cl)c1)C(=O)CN(c1cccc(C)c1C)S(C)(=O)=O. The fourth-order valence-corrected chi connectivity index (χ4v) is 5.61. The van der Waals surface area contributed by atoms with E-state index in [2.05, 4.69) is 5.32 Å². The van der Waals surface area contributed by atoms with Gasteiger partial charge in [0.05, 0.1) is 11.9 Å². The average Bonchev–Trinajstić information content (AvgIpc) is 2.91. The van der Waals surface area contributed by atoms with Crippen LogP contribution in [0.1, 0.15) is 42.0 Å². The third-order valence-electron chi connectivity index (χ3n) is 6.87. The lowest BCUT2D eigenvalue weighted by Crippen LogP contribution is -2.53. The molecule has 214 valence electrons. The summed E-state index contributed by atoms with van der Waals surface area (Å²) in [6.45, 7) is 5.88. The molecule has 0 spiro atoms. The maximum Gasteiger partial charge on any atom is 0.244 e. The molecule has 40 heavy (non-hydrogen) atoms. The van der Waals surface area contributed by atoms with Gasteiger partial charge < -0.3 is 10.2 Å². The van der Waals surface area contributed by atoms with E-state index < -0.39 is 28.5 Å². The standard InChI is InChI=1S/C31H38ClN3O4S/c1-5-6-18-33-31(37)29(20-25-13-8-7-9-14-25)34(21-26-15-11-16-27(32)19-26)30(36)22-35(40(4,38)39)28-17-10-12-23(2)24(28)3/h7-17,19,29H,5-6,18,20-22H2,1-4H3,(H,33,37)/t29-/m1/s1. The Labute approximate surface area is 243 Å². The molecular formula is C31H38ClN3O4S. The van der Waals surface area contributed by atoms with Crippen molar-refractivity contribution in [1.82, 2.24) is 10.2 Å². The third kappa shape index (κ3) is 8.57. The van der Waals surface area contributed by atoms with E-state index in [4.69, 9.17) is 11.6 Å². The Bertz CT molecular complexity index is 1410. The predicted octanol–water partition coefficient (Wildman–Crippen LogP) is 5.28. The second kappa shape index (κ2) is 14.3. The summed E-state index contributed by atoms with van der Waals surface area (Å²) in [4.78, 5) is 29.2. The monoisotopic (exact) mass is 583 g/mol. The average molecular weight is 584 g/mol. The first-order valence-electron chi connectivity index (χ1n) is 13.4. The summed E-state index contributed by atoms with van der Waals surface area (Å²) in [7, 11) is -3.82. The molecule has 3 rings (SSSR count). The van der Waals surface area contributed by atoms with Gasteiger partial charge in [0, 0.05) is 24.5 Å². The Morgan fingerprint density at radius 3 is 2.27 bits per heavy atom. The summed E-state index contributed by atoms with van der Waals surface area (Å²) in [5.74, 6) is -0.775. The number of anilines is 1. The van der Waals surface area contributed by atoms with Gasteiger partial charge in [-0.15, -0.1) is 0 Å². The van der Waals surface area contributed by atoms with Crippen LogP contribution in [0.5, 0.6) is 0 Å². The van der Waals surface area contributed by atoms with Crippen molar-refractivity contribution in [2.75, 3.05) is 23.7 Å². The van der Waals surface area contributed by atoms with Crippen LogP contribution in [0.15, 0.2) is 72.8 Å². The zero-order chi connectivity index (χ0) is 29.3. The number of unbranched alkanes of at least 4 members (excludes halogenated alkanes) is 1. The van der Waals surface area contributed by atoms with Crippen LogP contribution in [0, 0.1) is 13.8 Å². The molecule has 0 radical (unpaired) electrons. The number of hydrogen-bond acceptors (Lipinski definition) is 4. The number of benzene rings is 3. The first-order valence-corrected chi connectivity index (χ1v) is 15.6. The molecular weight excluding hydrogens is 546 g/mol. The lowest BCUT2D eigenvalue weighted by Gasteiger charge is -2.34. The fourth-order valence-electron chi connectivity index (χ4n) is 4.49. The number of carbonyl (C=O) groups excluding carboxylic acids is 2. The van der Waals surface area contributed by atoms with Crippen LogP contribution < -0.4 is 9.62 Å². The molecule has 3 aromatic carbocycles. The molecule has 0 aliphatic carbocycles. The zero-order valence-corrected chi connectivity index (χ0v) is 25.1. The van der Waals surface area contributed by atoms with E-state index in [9.17, 15) is 18.0 Å². The van der Waals surface area contributed by atoms with E-state index >= 15 is 0 Å². The van der Waals surface area contributed by atoms with Crippen LogP contribution in [0.3, 0.4) is 0 Å². The Morgan fingerprint density at radius 1 is 0.950 bits per heavy atom. The largest absolute Gasteiger partial charge is 0.354 e. The quantitative estimate of drug-likeness (QED) is 0.277. The number of sulfonamides is 1. The van der Waals surface area contributed by atoms with Crippen molar-refractivity contribution in [1.29, 1.82) is 0 Å². The van der Waals surface area contributed by atoms with E-state index in [-0.39, 0.29) is 18.9 Å². The normalized spacial score (nSPS) is 12.0. The van der Waals surface area contributed by atoms with Crippen molar-refractivity contribution in [3.63, 3.8) is 0 Å². The summed E-state index contributed by atoms with van der Waals surface area (Å²) >= 11 is 6.25. The smallest absolute Gasteiger partial charge is 0.244 e. The molecule has 0 bridgehead atoms. The van der Waals surface area contributed by atoms with Gasteiger partial charge in [-0.1, -0.05) is 79.5 Å². The van der Waals surface area contributed by atoms with Crippen molar-refractivity contribution in [3.05, 3.63) is 100 Å². The molecule has 0 aromatic heterocycles. The molecule has 9 heteroatoms. The lowest BCUT2D eigenvalue weighted by molar-refractivity contribution is -0.140. The minimum Gasteiger partial charge on any atom is -0.354 e. The van der Waals surface area contributed by atoms with Gasteiger partial charge in [0.2, 0.25) is 21.8 Å². The van der Waals surface area contributed by atoms with Gasteiger partial charge in [0.1, 0.15) is 12.6 Å².